The van der Waals surface area contributed by atoms with Crippen LogP contribution in [0.4, 0.5) is 0 Å². The van der Waals surface area contributed by atoms with E-state index in [1.54, 1.807) is 18.3 Å². The van der Waals surface area contributed by atoms with E-state index in [2.05, 4.69) is 0 Å². The van der Waals surface area contributed by atoms with Gasteiger partial charge in [-0.2, -0.15) is 0 Å². The van der Waals surface area contributed by atoms with E-state index in [4.69, 9.17) is 5.11 Å². The van der Waals surface area contributed by atoms with E-state index in [9.17, 15) is 9.59 Å². The predicted molar refractivity (Wildman–Crippen MR) is 67.2 cm³/mol. The number of aryl methyl sites for hydroxylation is 1. The molecule has 17 heavy (non-hydrogen) atoms. The van der Waals surface area contributed by atoms with Crippen molar-refractivity contribution in [3.05, 3.63) is 21.9 Å². The van der Waals surface area contributed by atoms with Gasteiger partial charge in [-0.05, 0) is 32.9 Å². The van der Waals surface area contributed by atoms with Crippen LogP contribution < -0.4 is 0 Å². The maximum atomic E-state index is 12.0. The number of hydrogen-bond donors (Lipinski definition) is 1. The van der Waals surface area contributed by atoms with Gasteiger partial charge in [0.05, 0.1) is 6.42 Å². The molecule has 0 aromatic carbocycles. The fourth-order valence-corrected chi connectivity index (χ4v) is 2.51. The molecule has 1 heterocycles. The fourth-order valence-electron chi connectivity index (χ4n) is 1.63. The lowest BCUT2D eigenvalue weighted by Gasteiger charge is -2.24. The molecule has 4 nitrogen and oxygen atoms in total. The summed E-state index contributed by atoms with van der Waals surface area (Å²) in [7, 11) is 0. The van der Waals surface area contributed by atoms with Crippen LogP contribution in [0.15, 0.2) is 12.1 Å². The normalized spacial score (nSPS) is 12.2. The van der Waals surface area contributed by atoms with E-state index in [1.807, 2.05) is 19.1 Å². The first-order valence-corrected chi connectivity index (χ1v) is 6.35. The first-order chi connectivity index (χ1) is 7.95. The monoisotopic (exact) mass is 255 g/mol. The third kappa shape index (κ3) is 3.56. The topological polar surface area (TPSA) is 57.6 Å². The summed E-state index contributed by atoms with van der Waals surface area (Å²) in [5.74, 6) is -1.10. The molecule has 0 aliphatic carbocycles. The minimum absolute atomic E-state index is 0.135. The summed E-state index contributed by atoms with van der Waals surface area (Å²) in [6.45, 7) is 5.72. The van der Waals surface area contributed by atoms with Gasteiger partial charge in [0.2, 0.25) is 5.91 Å². The molecule has 5 heteroatoms. The number of carbonyl (C=O) groups is 2. The molecule has 0 fully saturated rings. The summed E-state index contributed by atoms with van der Waals surface area (Å²) in [5.41, 5.74) is 0. The number of carboxylic acids is 1. The number of amides is 1. The van der Waals surface area contributed by atoms with E-state index in [1.165, 1.54) is 11.8 Å². The van der Waals surface area contributed by atoms with Gasteiger partial charge < -0.3 is 10.0 Å². The molecule has 0 aliphatic heterocycles. The Morgan fingerprint density at radius 2 is 2.12 bits per heavy atom. The van der Waals surface area contributed by atoms with Crippen LogP contribution in [0.3, 0.4) is 0 Å². The first-order valence-electron chi connectivity index (χ1n) is 5.53. The van der Waals surface area contributed by atoms with Crippen molar-refractivity contribution in [3.63, 3.8) is 0 Å². The molecule has 1 aromatic rings. The molecule has 1 aromatic heterocycles. The van der Waals surface area contributed by atoms with E-state index in [0.717, 1.165) is 9.75 Å². The van der Waals surface area contributed by atoms with Gasteiger partial charge in [-0.1, -0.05) is 0 Å². The molecule has 0 saturated carbocycles. The van der Waals surface area contributed by atoms with Gasteiger partial charge in [-0.25, -0.2) is 4.79 Å². The van der Waals surface area contributed by atoms with Crippen LogP contribution in [0.25, 0.3) is 0 Å². The van der Waals surface area contributed by atoms with Crippen LogP contribution in [-0.4, -0.2) is 34.5 Å². The maximum Gasteiger partial charge on any atom is 0.326 e. The van der Waals surface area contributed by atoms with Crippen molar-refractivity contribution in [3.8, 4) is 0 Å². The zero-order valence-electron chi connectivity index (χ0n) is 10.3. The van der Waals surface area contributed by atoms with Crippen LogP contribution in [0.1, 0.15) is 23.6 Å². The van der Waals surface area contributed by atoms with Crippen LogP contribution in [0, 0.1) is 6.92 Å². The highest BCUT2D eigenvalue weighted by atomic mass is 32.1. The first kappa shape index (κ1) is 13.7. The number of rotatable bonds is 5. The van der Waals surface area contributed by atoms with Crippen molar-refractivity contribution >= 4 is 23.2 Å². The largest absolute Gasteiger partial charge is 0.480 e. The van der Waals surface area contributed by atoms with E-state index >= 15 is 0 Å². The van der Waals surface area contributed by atoms with Gasteiger partial charge in [0, 0.05) is 16.3 Å². The lowest BCUT2D eigenvalue weighted by molar-refractivity contribution is -0.149. The van der Waals surface area contributed by atoms with Crippen molar-refractivity contribution in [2.75, 3.05) is 6.54 Å². The molecule has 0 spiro atoms. The van der Waals surface area contributed by atoms with Crippen molar-refractivity contribution in [1.82, 2.24) is 4.90 Å². The molecule has 1 rings (SSSR count). The second-order valence-corrected chi connectivity index (χ2v) is 5.26. The lowest BCUT2D eigenvalue weighted by atomic mass is 10.2. The summed E-state index contributed by atoms with van der Waals surface area (Å²) in [5, 5.41) is 8.91. The molecule has 0 radical (unpaired) electrons. The standard InChI is InChI=1S/C12H17NO3S/c1-4-13(9(3)12(15)16)11(14)7-10-6-5-8(2)17-10/h5-6,9H,4,7H2,1-3H3,(H,15,16). The number of carboxylic acid groups (broad SMARTS) is 1. The van der Waals surface area contributed by atoms with Crippen LogP contribution in [-0.2, 0) is 16.0 Å². The van der Waals surface area contributed by atoms with Crippen molar-refractivity contribution < 1.29 is 14.7 Å². The van der Waals surface area contributed by atoms with Gasteiger partial charge in [-0.15, -0.1) is 11.3 Å². The molecular formula is C12H17NO3S. The predicted octanol–water partition coefficient (Wildman–Crippen LogP) is 1.92. The van der Waals surface area contributed by atoms with Gasteiger partial charge in [-0.3, -0.25) is 4.79 Å². The highest BCUT2D eigenvalue weighted by Gasteiger charge is 2.24. The molecule has 1 N–H and O–H groups in total. The zero-order valence-corrected chi connectivity index (χ0v) is 11.1. The molecule has 1 amide bonds. The van der Waals surface area contributed by atoms with Crippen LogP contribution in [0.5, 0.6) is 0 Å². The average molecular weight is 255 g/mol. The SMILES string of the molecule is CCN(C(=O)Cc1ccc(C)s1)C(C)C(=O)O. The van der Waals surface area contributed by atoms with E-state index in [0.29, 0.717) is 6.54 Å². The van der Waals surface area contributed by atoms with Crippen LogP contribution in [0.2, 0.25) is 0 Å². The minimum atomic E-state index is -0.970. The Balaban J connectivity index is 2.70. The van der Waals surface area contributed by atoms with Gasteiger partial charge >= 0.3 is 5.97 Å². The minimum Gasteiger partial charge on any atom is -0.480 e. The second-order valence-electron chi connectivity index (χ2n) is 3.88. The third-order valence-electron chi connectivity index (χ3n) is 2.61. The third-order valence-corrected chi connectivity index (χ3v) is 3.61. The number of nitrogens with zero attached hydrogens (tertiary/aromatic N) is 1. The van der Waals surface area contributed by atoms with Crippen LogP contribution >= 0.6 is 11.3 Å². The van der Waals surface area contributed by atoms with Gasteiger partial charge in [0.25, 0.3) is 0 Å². The summed E-state index contributed by atoms with van der Waals surface area (Å²) in [6, 6.07) is 3.11. The summed E-state index contributed by atoms with van der Waals surface area (Å²) in [6.07, 6.45) is 0.282. The number of likely N-dealkylation sites (N-methyl/N-ethyl adjacent to an activating group) is 1. The highest BCUT2D eigenvalue weighted by molar-refractivity contribution is 7.12. The molecule has 0 saturated heterocycles. The van der Waals surface area contributed by atoms with Crippen molar-refractivity contribution in [2.45, 2.75) is 33.2 Å². The number of carbonyl (C=O) groups excluding carboxylic acids is 1. The lowest BCUT2D eigenvalue weighted by Crippen LogP contribution is -2.43. The fraction of sp³-hybridized carbons (Fsp3) is 0.500. The Labute approximate surface area is 105 Å². The second kappa shape index (κ2) is 5.82. The Bertz CT molecular complexity index is 414. The Hall–Kier alpha value is -1.36. The molecule has 1 unspecified atom stereocenters. The zero-order chi connectivity index (χ0) is 13.0. The Morgan fingerprint density at radius 3 is 2.53 bits per heavy atom. The number of aliphatic carboxylic acids is 1. The van der Waals surface area contributed by atoms with E-state index < -0.39 is 12.0 Å². The Morgan fingerprint density at radius 1 is 1.47 bits per heavy atom. The summed E-state index contributed by atoms with van der Waals surface area (Å²) >= 11 is 1.57. The van der Waals surface area contributed by atoms with Crippen molar-refractivity contribution in [2.24, 2.45) is 0 Å². The highest BCUT2D eigenvalue weighted by Crippen LogP contribution is 2.17. The molecule has 94 valence electrons. The quantitative estimate of drug-likeness (QED) is 0.874. The smallest absolute Gasteiger partial charge is 0.326 e. The number of thiophene rings is 1. The maximum absolute atomic E-state index is 12.0. The molecular weight excluding hydrogens is 238 g/mol. The summed E-state index contributed by atoms with van der Waals surface area (Å²) < 4.78 is 0. The average Bonchev–Trinajstić information content (AvgIpc) is 2.64. The Kier molecular flexibility index (Phi) is 4.69. The summed E-state index contributed by atoms with van der Waals surface area (Å²) in [4.78, 5) is 26.4. The molecule has 0 aliphatic rings. The number of hydrogen-bond acceptors (Lipinski definition) is 3. The van der Waals surface area contributed by atoms with Crippen molar-refractivity contribution in [1.29, 1.82) is 0 Å². The van der Waals surface area contributed by atoms with E-state index in [-0.39, 0.29) is 12.3 Å². The van der Waals surface area contributed by atoms with Gasteiger partial charge in [0.1, 0.15) is 6.04 Å². The van der Waals surface area contributed by atoms with Gasteiger partial charge in [0.15, 0.2) is 0 Å². The molecule has 0 bridgehead atoms. The molecule has 1 atom stereocenters.